The number of nitrogens with two attached hydrogens (primary N) is 1. The second-order valence-electron chi connectivity index (χ2n) is 8.64. The monoisotopic (exact) mass is 525 g/mol. The molecule has 186 valence electrons. The van der Waals surface area contributed by atoms with Crippen molar-refractivity contribution in [2.45, 2.75) is 20.0 Å². The average Bonchev–Trinajstić information content (AvgIpc) is 3.18. The maximum atomic E-state index is 13.1. The first kappa shape index (κ1) is 24.3. The number of carbonyl (C=O) groups is 1. The summed E-state index contributed by atoms with van der Waals surface area (Å²) in [4.78, 5) is 30.2. The minimum absolute atomic E-state index is 0.0190. The van der Waals surface area contributed by atoms with Crippen LogP contribution in [0.2, 0.25) is 10.0 Å². The number of hydrogen-bond donors (Lipinski definition) is 2. The van der Waals surface area contributed by atoms with E-state index in [4.69, 9.17) is 28.9 Å². The van der Waals surface area contributed by atoms with Gasteiger partial charge in [0.25, 0.3) is 0 Å². The lowest BCUT2D eigenvalue weighted by molar-refractivity contribution is -0.132. The highest BCUT2D eigenvalue weighted by molar-refractivity contribution is 6.36. The first-order valence-electron chi connectivity index (χ1n) is 11.5. The summed E-state index contributed by atoms with van der Waals surface area (Å²) in [7, 11) is 0. The van der Waals surface area contributed by atoms with Gasteiger partial charge in [0, 0.05) is 78.2 Å². The quantitative estimate of drug-likeness (QED) is 0.409. The average molecular weight is 526 g/mol. The first-order valence-corrected chi connectivity index (χ1v) is 12.3. The fourth-order valence-electron chi connectivity index (χ4n) is 4.65. The SMILES string of the molecule is Cc1nc2cn(CC(=O)N3CCN(c4ncccn4)CC3)c(O)c2c(-c2ccc(Cl)cc2Cl)c1CN. The molecule has 3 aromatic heterocycles. The van der Waals surface area contributed by atoms with Crippen LogP contribution in [0, 0.1) is 6.92 Å². The summed E-state index contributed by atoms with van der Waals surface area (Å²) in [6, 6.07) is 6.96. The standard InChI is InChI=1S/C25H25Cl2N7O2/c1-15-18(12-28)22(17-4-3-16(26)11-19(17)27)23-20(31-15)13-34(24(23)36)14-21(35)32-7-9-33(10-8-32)25-29-5-2-6-30-25/h2-6,11,13,36H,7-10,12,14,28H2,1H3. The maximum absolute atomic E-state index is 13.1. The van der Waals surface area contributed by atoms with Gasteiger partial charge in [0.1, 0.15) is 6.54 Å². The van der Waals surface area contributed by atoms with E-state index in [0.717, 1.165) is 11.3 Å². The predicted octanol–water partition coefficient (Wildman–Crippen LogP) is 3.62. The van der Waals surface area contributed by atoms with E-state index in [1.165, 1.54) is 4.57 Å². The molecule has 11 heteroatoms. The molecule has 0 aliphatic carbocycles. The van der Waals surface area contributed by atoms with E-state index < -0.39 is 0 Å². The van der Waals surface area contributed by atoms with E-state index in [1.807, 2.05) is 11.8 Å². The van der Waals surface area contributed by atoms with Crippen LogP contribution in [-0.4, -0.2) is 61.6 Å². The summed E-state index contributed by atoms with van der Waals surface area (Å²) in [5.41, 5.74) is 9.52. The zero-order valence-electron chi connectivity index (χ0n) is 19.7. The molecule has 5 rings (SSSR count). The Kier molecular flexibility index (Phi) is 6.70. The van der Waals surface area contributed by atoms with Crippen LogP contribution < -0.4 is 10.6 Å². The van der Waals surface area contributed by atoms with Crippen LogP contribution in [0.3, 0.4) is 0 Å². The molecule has 36 heavy (non-hydrogen) atoms. The molecule has 1 saturated heterocycles. The van der Waals surface area contributed by atoms with Gasteiger partial charge in [-0.05, 0) is 30.7 Å². The van der Waals surface area contributed by atoms with Crippen molar-refractivity contribution >= 4 is 46.0 Å². The summed E-state index contributed by atoms with van der Waals surface area (Å²) in [5, 5.41) is 12.7. The number of fused-ring (bicyclic) bond motifs is 1. The molecule has 0 radical (unpaired) electrons. The van der Waals surface area contributed by atoms with Crippen LogP contribution in [0.15, 0.2) is 42.9 Å². The molecule has 0 bridgehead atoms. The fourth-order valence-corrected chi connectivity index (χ4v) is 5.15. The molecule has 0 spiro atoms. The van der Waals surface area contributed by atoms with Gasteiger partial charge in [-0.3, -0.25) is 9.78 Å². The predicted molar refractivity (Wildman–Crippen MR) is 140 cm³/mol. The van der Waals surface area contributed by atoms with E-state index in [2.05, 4.69) is 15.0 Å². The zero-order valence-corrected chi connectivity index (χ0v) is 21.2. The third kappa shape index (κ3) is 4.45. The second kappa shape index (κ2) is 9.93. The molecule has 3 N–H and O–H groups in total. The fraction of sp³-hybridized carbons (Fsp3) is 0.280. The largest absolute Gasteiger partial charge is 0.494 e. The molecule has 0 saturated carbocycles. The zero-order chi connectivity index (χ0) is 25.4. The molecular formula is C25H25Cl2N7O2. The van der Waals surface area contributed by atoms with E-state index in [9.17, 15) is 9.90 Å². The van der Waals surface area contributed by atoms with E-state index >= 15 is 0 Å². The van der Waals surface area contributed by atoms with Crippen molar-refractivity contribution in [3.8, 4) is 17.0 Å². The lowest BCUT2D eigenvalue weighted by atomic mass is 9.95. The number of amides is 1. The first-order chi connectivity index (χ1) is 17.4. The van der Waals surface area contributed by atoms with E-state index in [-0.39, 0.29) is 24.9 Å². The molecule has 1 fully saturated rings. The molecule has 1 aromatic carbocycles. The topological polar surface area (TPSA) is 113 Å². The minimum Gasteiger partial charge on any atom is -0.494 e. The molecular weight excluding hydrogens is 501 g/mol. The van der Waals surface area contributed by atoms with Crippen molar-refractivity contribution in [1.82, 2.24) is 24.4 Å². The number of carbonyl (C=O) groups excluding carboxylic acids is 1. The lowest BCUT2D eigenvalue weighted by Crippen LogP contribution is -2.50. The van der Waals surface area contributed by atoms with Gasteiger partial charge in [0.05, 0.1) is 10.9 Å². The van der Waals surface area contributed by atoms with Crippen LogP contribution in [0.4, 0.5) is 5.95 Å². The van der Waals surface area contributed by atoms with Gasteiger partial charge in [-0.1, -0.05) is 29.3 Å². The summed E-state index contributed by atoms with van der Waals surface area (Å²) in [5.74, 6) is 0.503. The Hall–Kier alpha value is -3.40. The summed E-state index contributed by atoms with van der Waals surface area (Å²) in [6.07, 6.45) is 5.10. The van der Waals surface area contributed by atoms with E-state index in [0.29, 0.717) is 64.2 Å². The highest BCUT2D eigenvalue weighted by atomic mass is 35.5. The van der Waals surface area contributed by atoms with Gasteiger partial charge in [0.15, 0.2) is 0 Å². The normalized spacial score (nSPS) is 14.0. The van der Waals surface area contributed by atoms with Gasteiger partial charge < -0.3 is 25.2 Å². The Balaban J connectivity index is 1.44. The number of benzene rings is 1. The van der Waals surface area contributed by atoms with Crippen LogP contribution in [0.1, 0.15) is 11.3 Å². The van der Waals surface area contributed by atoms with Crippen LogP contribution in [-0.2, 0) is 17.9 Å². The van der Waals surface area contributed by atoms with Crippen molar-refractivity contribution in [3.05, 3.63) is 64.2 Å². The number of pyridine rings is 1. The number of aromatic hydroxyl groups is 1. The van der Waals surface area contributed by atoms with Crippen molar-refractivity contribution in [2.24, 2.45) is 5.73 Å². The summed E-state index contributed by atoms with van der Waals surface area (Å²) in [6.45, 7) is 4.41. The Morgan fingerprint density at radius 3 is 2.53 bits per heavy atom. The third-order valence-corrected chi connectivity index (χ3v) is 7.03. The lowest BCUT2D eigenvalue weighted by Gasteiger charge is -2.34. The number of halogens is 2. The Morgan fingerprint density at radius 1 is 1.14 bits per heavy atom. The third-order valence-electron chi connectivity index (χ3n) is 6.48. The van der Waals surface area contributed by atoms with Crippen LogP contribution >= 0.6 is 23.2 Å². The number of nitrogens with zero attached hydrogens (tertiary/aromatic N) is 6. The maximum Gasteiger partial charge on any atom is 0.242 e. The number of anilines is 1. The molecule has 4 heterocycles. The highest BCUT2D eigenvalue weighted by Gasteiger charge is 2.26. The van der Waals surface area contributed by atoms with Gasteiger partial charge in [0.2, 0.25) is 17.7 Å². The van der Waals surface area contributed by atoms with Gasteiger partial charge in [-0.25, -0.2) is 9.97 Å². The van der Waals surface area contributed by atoms with E-state index in [1.54, 1.807) is 47.8 Å². The number of aryl methyl sites for hydroxylation is 1. The van der Waals surface area contributed by atoms with Crippen LogP contribution in [0.5, 0.6) is 5.88 Å². The van der Waals surface area contributed by atoms with Crippen molar-refractivity contribution in [2.75, 3.05) is 31.1 Å². The van der Waals surface area contributed by atoms with Crippen molar-refractivity contribution in [1.29, 1.82) is 0 Å². The molecule has 1 aliphatic rings. The van der Waals surface area contributed by atoms with Gasteiger partial charge in [-0.2, -0.15) is 0 Å². The number of piperazine rings is 1. The van der Waals surface area contributed by atoms with Gasteiger partial charge in [-0.15, -0.1) is 0 Å². The van der Waals surface area contributed by atoms with Crippen molar-refractivity contribution < 1.29 is 9.90 Å². The Labute approximate surface area is 218 Å². The minimum atomic E-state index is -0.0962. The molecule has 0 unspecified atom stereocenters. The Bertz CT molecular complexity index is 1430. The molecule has 1 amide bonds. The Morgan fingerprint density at radius 2 is 1.86 bits per heavy atom. The molecule has 1 aliphatic heterocycles. The van der Waals surface area contributed by atoms with Gasteiger partial charge >= 0.3 is 0 Å². The number of aromatic nitrogens is 4. The molecule has 0 atom stereocenters. The smallest absolute Gasteiger partial charge is 0.242 e. The summed E-state index contributed by atoms with van der Waals surface area (Å²) < 4.78 is 1.53. The van der Waals surface area contributed by atoms with Crippen LogP contribution in [0.25, 0.3) is 22.0 Å². The molecule has 9 nitrogen and oxygen atoms in total. The second-order valence-corrected chi connectivity index (χ2v) is 9.48. The highest BCUT2D eigenvalue weighted by Crippen LogP contribution is 2.42. The van der Waals surface area contributed by atoms with Crippen molar-refractivity contribution in [3.63, 3.8) is 0 Å². The summed E-state index contributed by atoms with van der Waals surface area (Å²) >= 11 is 12.6. The number of rotatable bonds is 5. The molecule has 4 aromatic rings. The number of hydrogen-bond acceptors (Lipinski definition) is 7.